The van der Waals surface area contributed by atoms with Gasteiger partial charge in [-0.05, 0) is 91.9 Å². The normalized spacial score (nSPS) is 14.6. The third kappa shape index (κ3) is 4.93. The van der Waals surface area contributed by atoms with Gasteiger partial charge in [-0.2, -0.15) is 0 Å². The highest BCUT2D eigenvalue weighted by Crippen LogP contribution is 2.54. The molecule has 1 aliphatic rings. The molecule has 0 fully saturated rings. The molecule has 0 heterocycles. The molecule has 0 spiro atoms. The van der Waals surface area contributed by atoms with Crippen molar-refractivity contribution in [1.29, 1.82) is 0 Å². The van der Waals surface area contributed by atoms with E-state index in [1.807, 2.05) is 0 Å². The molecule has 1 nitrogen and oxygen atoms in total. The van der Waals surface area contributed by atoms with Crippen LogP contribution < -0.4 is 4.90 Å². The standard InChI is InChI=1S/C52H37N/c1-52(39-23-6-3-7-24-39)47-30-12-10-26-43(47)44-34-33-40(35-48(44)52)53(49-32-16-20-36-19-8-9-25-41(36)49)50-31-13-11-27-45(50)46-29-15-22-38-21-14-28-42(51(38)46)37-17-4-2-5-18-37/h2-35H,1H3. The van der Waals surface area contributed by atoms with E-state index in [1.165, 1.54) is 71.6 Å². The predicted molar refractivity (Wildman–Crippen MR) is 224 cm³/mol. The van der Waals surface area contributed by atoms with Crippen molar-refractivity contribution in [2.75, 3.05) is 4.90 Å². The summed E-state index contributed by atoms with van der Waals surface area (Å²) < 4.78 is 0. The van der Waals surface area contributed by atoms with Gasteiger partial charge in [0, 0.05) is 22.1 Å². The van der Waals surface area contributed by atoms with E-state index in [4.69, 9.17) is 0 Å². The Bertz CT molecular complexity index is 2790. The minimum Gasteiger partial charge on any atom is -0.309 e. The van der Waals surface area contributed by atoms with Gasteiger partial charge in [-0.15, -0.1) is 0 Å². The van der Waals surface area contributed by atoms with Crippen LogP contribution in [0.3, 0.4) is 0 Å². The van der Waals surface area contributed by atoms with Gasteiger partial charge in [0.05, 0.1) is 11.4 Å². The molecule has 9 aromatic rings. The number of hydrogen-bond acceptors (Lipinski definition) is 1. The van der Waals surface area contributed by atoms with Crippen molar-refractivity contribution in [1.82, 2.24) is 0 Å². The Kier molecular flexibility index (Phi) is 7.33. The molecule has 0 N–H and O–H groups in total. The minimum absolute atomic E-state index is 0.312. The fraction of sp³-hybridized carbons (Fsp3) is 0.0385. The summed E-state index contributed by atoms with van der Waals surface area (Å²) in [4.78, 5) is 2.50. The molecule has 0 saturated heterocycles. The van der Waals surface area contributed by atoms with Crippen molar-refractivity contribution in [2.24, 2.45) is 0 Å². The van der Waals surface area contributed by atoms with Crippen molar-refractivity contribution in [3.8, 4) is 33.4 Å². The lowest BCUT2D eigenvalue weighted by molar-refractivity contribution is 0.714. The average molecular weight is 676 g/mol. The first-order valence-corrected chi connectivity index (χ1v) is 18.4. The largest absolute Gasteiger partial charge is 0.309 e. The number of rotatable bonds is 6. The van der Waals surface area contributed by atoms with Crippen LogP contribution in [0.4, 0.5) is 17.1 Å². The second kappa shape index (κ2) is 12.5. The maximum absolute atomic E-state index is 2.50. The highest BCUT2D eigenvalue weighted by molar-refractivity contribution is 6.10. The lowest BCUT2D eigenvalue weighted by atomic mass is 9.74. The molecule has 0 aromatic heterocycles. The van der Waals surface area contributed by atoms with Crippen LogP contribution in [0.15, 0.2) is 206 Å². The summed E-state index contributed by atoms with van der Waals surface area (Å²) in [6.45, 7) is 2.40. The third-order valence-corrected chi connectivity index (χ3v) is 11.3. The van der Waals surface area contributed by atoms with Crippen molar-refractivity contribution >= 4 is 38.6 Å². The molecule has 250 valence electrons. The van der Waals surface area contributed by atoms with Crippen LogP contribution in [0.2, 0.25) is 0 Å². The van der Waals surface area contributed by atoms with Gasteiger partial charge in [0.1, 0.15) is 0 Å². The lowest BCUT2D eigenvalue weighted by Crippen LogP contribution is -2.23. The van der Waals surface area contributed by atoms with Gasteiger partial charge in [-0.1, -0.05) is 182 Å². The molecular weight excluding hydrogens is 639 g/mol. The number of nitrogens with zero attached hydrogens (tertiary/aromatic N) is 1. The van der Waals surface area contributed by atoms with E-state index in [9.17, 15) is 0 Å². The molecule has 10 rings (SSSR count). The molecule has 9 aromatic carbocycles. The summed E-state index contributed by atoms with van der Waals surface area (Å²) in [5.74, 6) is 0. The minimum atomic E-state index is -0.312. The Labute approximate surface area is 311 Å². The van der Waals surface area contributed by atoms with Crippen LogP contribution in [-0.2, 0) is 5.41 Å². The molecule has 0 radical (unpaired) electrons. The zero-order valence-electron chi connectivity index (χ0n) is 29.6. The van der Waals surface area contributed by atoms with E-state index in [1.54, 1.807) is 0 Å². The van der Waals surface area contributed by atoms with Gasteiger partial charge in [0.2, 0.25) is 0 Å². The van der Waals surface area contributed by atoms with E-state index in [0.29, 0.717) is 0 Å². The fourth-order valence-electron chi connectivity index (χ4n) is 8.83. The van der Waals surface area contributed by atoms with Crippen molar-refractivity contribution in [2.45, 2.75) is 12.3 Å². The average Bonchev–Trinajstić information content (AvgIpc) is 3.49. The van der Waals surface area contributed by atoms with Crippen LogP contribution in [0.1, 0.15) is 23.6 Å². The van der Waals surface area contributed by atoms with Gasteiger partial charge in [-0.3, -0.25) is 0 Å². The molecule has 0 bridgehead atoms. The second-order valence-corrected chi connectivity index (χ2v) is 14.2. The number of benzene rings is 9. The van der Waals surface area contributed by atoms with Gasteiger partial charge in [-0.25, -0.2) is 0 Å². The molecule has 1 atom stereocenters. The summed E-state index contributed by atoms with van der Waals surface area (Å²) in [7, 11) is 0. The Morgan fingerprint density at radius 3 is 1.77 bits per heavy atom. The smallest absolute Gasteiger partial charge is 0.0540 e. The van der Waals surface area contributed by atoms with Crippen LogP contribution in [-0.4, -0.2) is 0 Å². The Morgan fingerprint density at radius 1 is 0.377 bits per heavy atom. The fourth-order valence-corrected chi connectivity index (χ4v) is 8.83. The van der Waals surface area contributed by atoms with E-state index in [2.05, 4.69) is 218 Å². The molecule has 1 heteroatoms. The number of fused-ring (bicyclic) bond motifs is 5. The topological polar surface area (TPSA) is 3.24 Å². The Balaban J connectivity index is 1.26. The summed E-state index contributed by atoms with van der Waals surface area (Å²) >= 11 is 0. The SMILES string of the molecule is CC1(c2ccccc2)c2ccccc2-c2ccc(N(c3ccccc3-c3cccc4cccc(-c5ccccc5)c34)c3cccc4ccccc34)cc21. The van der Waals surface area contributed by atoms with Gasteiger partial charge in [0.15, 0.2) is 0 Å². The van der Waals surface area contributed by atoms with E-state index in [-0.39, 0.29) is 5.41 Å². The molecule has 53 heavy (non-hydrogen) atoms. The van der Waals surface area contributed by atoms with Crippen LogP contribution in [0.25, 0.3) is 54.9 Å². The number of hydrogen-bond donors (Lipinski definition) is 0. The zero-order chi connectivity index (χ0) is 35.4. The molecule has 1 unspecified atom stereocenters. The van der Waals surface area contributed by atoms with Crippen LogP contribution in [0, 0.1) is 0 Å². The third-order valence-electron chi connectivity index (χ3n) is 11.3. The van der Waals surface area contributed by atoms with Crippen molar-refractivity contribution in [3.05, 3.63) is 223 Å². The maximum Gasteiger partial charge on any atom is 0.0540 e. The summed E-state index contributed by atoms with van der Waals surface area (Å²) in [5, 5.41) is 4.91. The summed E-state index contributed by atoms with van der Waals surface area (Å²) in [6.07, 6.45) is 0. The first-order valence-electron chi connectivity index (χ1n) is 18.4. The van der Waals surface area contributed by atoms with Gasteiger partial charge in [0.25, 0.3) is 0 Å². The van der Waals surface area contributed by atoms with E-state index >= 15 is 0 Å². The van der Waals surface area contributed by atoms with Crippen LogP contribution >= 0.6 is 0 Å². The first-order chi connectivity index (χ1) is 26.2. The quantitative estimate of drug-likeness (QED) is 0.170. The molecule has 0 amide bonds. The molecular formula is C52H37N. The van der Waals surface area contributed by atoms with Crippen molar-refractivity contribution in [3.63, 3.8) is 0 Å². The summed E-state index contributed by atoms with van der Waals surface area (Å²) in [5.41, 5.74) is 14.5. The van der Waals surface area contributed by atoms with Gasteiger partial charge >= 0.3 is 0 Å². The van der Waals surface area contributed by atoms with E-state index < -0.39 is 0 Å². The first kappa shape index (κ1) is 31.1. The lowest BCUT2D eigenvalue weighted by Gasteiger charge is -2.32. The summed E-state index contributed by atoms with van der Waals surface area (Å²) in [6, 6.07) is 75.6. The van der Waals surface area contributed by atoms with E-state index in [0.717, 1.165) is 17.1 Å². The van der Waals surface area contributed by atoms with Crippen molar-refractivity contribution < 1.29 is 0 Å². The maximum atomic E-state index is 2.50. The predicted octanol–water partition coefficient (Wildman–Crippen LogP) is 14.1. The number of anilines is 3. The van der Waals surface area contributed by atoms with Gasteiger partial charge < -0.3 is 4.90 Å². The zero-order valence-corrected chi connectivity index (χ0v) is 29.6. The highest BCUT2D eigenvalue weighted by Gasteiger charge is 2.41. The monoisotopic (exact) mass is 675 g/mol. The number of para-hydroxylation sites is 1. The Morgan fingerprint density at radius 2 is 0.943 bits per heavy atom. The molecule has 1 aliphatic carbocycles. The highest BCUT2D eigenvalue weighted by atomic mass is 15.1. The Hall–Kier alpha value is -6.70. The second-order valence-electron chi connectivity index (χ2n) is 14.2. The van der Waals surface area contributed by atoms with Crippen LogP contribution in [0.5, 0.6) is 0 Å². The molecule has 0 aliphatic heterocycles. The molecule has 0 saturated carbocycles.